The Hall–Kier alpha value is -0.990. The highest BCUT2D eigenvalue weighted by atomic mass is 35.5. The molecule has 0 spiro atoms. The zero-order valence-corrected chi connectivity index (χ0v) is 12.2. The number of hydrogen-bond donors (Lipinski definition) is 1. The lowest BCUT2D eigenvalue weighted by Gasteiger charge is -2.06. The lowest BCUT2D eigenvalue weighted by Crippen LogP contribution is -2.22. The predicted octanol–water partition coefficient (Wildman–Crippen LogP) is 4.46. The molecule has 2 rings (SSSR count). The van der Waals surface area contributed by atoms with Gasteiger partial charge in [-0.15, -0.1) is 0 Å². The first-order valence-corrected chi connectivity index (χ1v) is 6.85. The summed E-state index contributed by atoms with van der Waals surface area (Å²) in [5, 5.41) is 5.27. The van der Waals surface area contributed by atoms with Gasteiger partial charge in [0.15, 0.2) is 0 Å². The van der Waals surface area contributed by atoms with Crippen LogP contribution in [0.3, 0.4) is 0 Å². The number of benzene rings is 1. The number of fused-ring (bicyclic) bond motifs is 1. The standard InChI is InChI=1S/C15H20ClNO/c1-5-11-13(8-17-9(2)3)18-15-10(4)6-7-12(16)14(11)15/h6-7,9,17H,5,8H2,1-4H3. The molecule has 0 saturated carbocycles. The summed E-state index contributed by atoms with van der Waals surface area (Å²) < 4.78 is 6.01. The zero-order valence-electron chi connectivity index (χ0n) is 11.4. The molecule has 2 nitrogen and oxygen atoms in total. The maximum atomic E-state index is 6.31. The van der Waals surface area contributed by atoms with Gasteiger partial charge in [-0.2, -0.15) is 0 Å². The minimum Gasteiger partial charge on any atom is -0.459 e. The van der Waals surface area contributed by atoms with Gasteiger partial charge in [0.2, 0.25) is 0 Å². The van der Waals surface area contributed by atoms with Crippen LogP contribution in [0, 0.1) is 6.92 Å². The van der Waals surface area contributed by atoms with Crippen molar-refractivity contribution in [2.75, 3.05) is 0 Å². The summed E-state index contributed by atoms with van der Waals surface area (Å²) in [6.45, 7) is 9.22. The van der Waals surface area contributed by atoms with Gasteiger partial charge in [-0.1, -0.05) is 38.4 Å². The van der Waals surface area contributed by atoms with Gasteiger partial charge in [-0.05, 0) is 25.0 Å². The topological polar surface area (TPSA) is 25.2 Å². The van der Waals surface area contributed by atoms with Crippen molar-refractivity contribution in [3.63, 3.8) is 0 Å². The third-order valence-corrected chi connectivity index (χ3v) is 3.51. The Balaban J connectivity index is 2.54. The molecule has 1 heterocycles. The summed E-state index contributed by atoms with van der Waals surface area (Å²) in [5.41, 5.74) is 3.30. The predicted molar refractivity (Wildman–Crippen MR) is 77.3 cm³/mol. The van der Waals surface area contributed by atoms with Crippen LogP contribution in [0.2, 0.25) is 5.02 Å². The van der Waals surface area contributed by atoms with E-state index in [4.69, 9.17) is 16.0 Å². The number of furan rings is 1. The molecular formula is C15H20ClNO. The van der Waals surface area contributed by atoms with Crippen molar-refractivity contribution in [1.82, 2.24) is 5.32 Å². The minimum atomic E-state index is 0.444. The first-order valence-electron chi connectivity index (χ1n) is 6.47. The van der Waals surface area contributed by atoms with Gasteiger partial charge in [-0.3, -0.25) is 0 Å². The highest BCUT2D eigenvalue weighted by Gasteiger charge is 2.16. The van der Waals surface area contributed by atoms with Crippen molar-refractivity contribution in [1.29, 1.82) is 0 Å². The maximum Gasteiger partial charge on any atom is 0.139 e. The van der Waals surface area contributed by atoms with Gasteiger partial charge >= 0.3 is 0 Å². The molecule has 18 heavy (non-hydrogen) atoms. The number of halogens is 1. The van der Waals surface area contributed by atoms with Gasteiger partial charge < -0.3 is 9.73 Å². The second-order valence-electron chi connectivity index (χ2n) is 4.96. The molecule has 0 atom stereocenters. The Bertz CT molecular complexity index is 557. The summed E-state index contributed by atoms with van der Waals surface area (Å²) in [6.07, 6.45) is 0.936. The van der Waals surface area contributed by atoms with Crippen LogP contribution in [-0.2, 0) is 13.0 Å². The van der Waals surface area contributed by atoms with Crippen LogP contribution < -0.4 is 5.32 Å². The van der Waals surface area contributed by atoms with Crippen molar-refractivity contribution in [2.45, 2.75) is 46.7 Å². The molecule has 1 aromatic carbocycles. The van der Waals surface area contributed by atoms with E-state index in [1.807, 2.05) is 12.1 Å². The van der Waals surface area contributed by atoms with E-state index >= 15 is 0 Å². The fourth-order valence-corrected chi connectivity index (χ4v) is 2.48. The summed E-state index contributed by atoms with van der Waals surface area (Å²) in [4.78, 5) is 0. The second kappa shape index (κ2) is 5.33. The van der Waals surface area contributed by atoms with E-state index in [0.717, 1.165) is 40.3 Å². The molecule has 98 valence electrons. The summed E-state index contributed by atoms with van der Waals surface area (Å²) in [6, 6.07) is 4.40. The minimum absolute atomic E-state index is 0.444. The number of nitrogens with one attached hydrogen (secondary N) is 1. The third kappa shape index (κ3) is 2.40. The van der Waals surface area contributed by atoms with E-state index in [1.165, 1.54) is 5.56 Å². The van der Waals surface area contributed by atoms with E-state index in [1.54, 1.807) is 0 Å². The quantitative estimate of drug-likeness (QED) is 0.883. The fourth-order valence-electron chi connectivity index (χ4n) is 2.21. The second-order valence-corrected chi connectivity index (χ2v) is 5.37. The summed E-state index contributed by atoms with van der Waals surface area (Å²) >= 11 is 6.31. The van der Waals surface area contributed by atoms with Crippen molar-refractivity contribution in [2.24, 2.45) is 0 Å². The van der Waals surface area contributed by atoms with Gasteiger partial charge in [0.1, 0.15) is 11.3 Å². The van der Waals surface area contributed by atoms with Crippen LogP contribution in [0.1, 0.15) is 37.7 Å². The lowest BCUT2D eigenvalue weighted by molar-refractivity contribution is 0.483. The first-order chi connectivity index (χ1) is 8.54. The van der Waals surface area contributed by atoms with Gasteiger partial charge in [0.25, 0.3) is 0 Å². The van der Waals surface area contributed by atoms with E-state index in [0.29, 0.717) is 6.04 Å². The van der Waals surface area contributed by atoms with E-state index in [9.17, 15) is 0 Å². The number of hydrogen-bond acceptors (Lipinski definition) is 2. The first kappa shape index (κ1) is 13.4. The normalized spacial score (nSPS) is 11.7. The lowest BCUT2D eigenvalue weighted by atomic mass is 10.1. The van der Waals surface area contributed by atoms with E-state index in [2.05, 4.69) is 33.0 Å². The smallest absolute Gasteiger partial charge is 0.139 e. The Morgan fingerprint density at radius 1 is 1.33 bits per heavy atom. The SMILES string of the molecule is CCc1c(CNC(C)C)oc2c(C)ccc(Cl)c12. The highest BCUT2D eigenvalue weighted by molar-refractivity contribution is 6.35. The molecule has 0 aliphatic heterocycles. The molecule has 0 fully saturated rings. The van der Waals surface area contributed by atoms with Crippen LogP contribution in [-0.4, -0.2) is 6.04 Å². The molecule has 0 unspecified atom stereocenters. The van der Waals surface area contributed by atoms with Gasteiger partial charge in [-0.25, -0.2) is 0 Å². The van der Waals surface area contributed by atoms with Crippen LogP contribution in [0.25, 0.3) is 11.0 Å². The van der Waals surface area contributed by atoms with Crippen LogP contribution >= 0.6 is 11.6 Å². The van der Waals surface area contributed by atoms with Crippen molar-refractivity contribution in [3.8, 4) is 0 Å². The molecule has 2 aromatic rings. The zero-order chi connectivity index (χ0) is 13.3. The molecule has 0 saturated heterocycles. The summed E-state index contributed by atoms with van der Waals surface area (Å²) in [5.74, 6) is 1.01. The van der Waals surface area contributed by atoms with Crippen molar-refractivity contribution in [3.05, 3.63) is 34.0 Å². The Labute approximate surface area is 113 Å². The van der Waals surface area contributed by atoms with Crippen molar-refractivity contribution >= 4 is 22.6 Å². The highest BCUT2D eigenvalue weighted by Crippen LogP contribution is 2.34. The molecule has 1 N–H and O–H groups in total. The Morgan fingerprint density at radius 2 is 2.06 bits per heavy atom. The third-order valence-electron chi connectivity index (χ3n) is 3.19. The van der Waals surface area contributed by atoms with Gasteiger partial charge in [0.05, 0.1) is 11.6 Å². The molecule has 1 aromatic heterocycles. The largest absolute Gasteiger partial charge is 0.459 e. The van der Waals surface area contributed by atoms with Crippen LogP contribution in [0.4, 0.5) is 0 Å². The average molecular weight is 266 g/mol. The molecule has 0 amide bonds. The van der Waals surface area contributed by atoms with Crippen LogP contribution in [0.5, 0.6) is 0 Å². The molecule has 0 aliphatic rings. The average Bonchev–Trinajstić information content (AvgIpc) is 2.71. The molecule has 0 aliphatic carbocycles. The van der Waals surface area contributed by atoms with E-state index in [-0.39, 0.29) is 0 Å². The van der Waals surface area contributed by atoms with Gasteiger partial charge in [0, 0.05) is 17.0 Å². The van der Waals surface area contributed by atoms with Crippen LogP contribution in [0.15, 0.2) is 16.5 Å². The molecule has 3 heteroatoms. The monoisotopic (exact) mass is 265 g/mol. The number of rotatable bonds is 4. The maximum absolute atomic E-state index is 6.31. The summed E-state index contributed by atoms with van der Waals surface area (Å²) in [7, 11) is 0. The Kier molecular flexibility index (Phi) is 3.98. The molecule has 0 bridgehead atoms. The molecular weight excluding hydrogens is 246 g/mol. The van der Waals surface area contributed by atoms with E-state index < -0.39 is 0 Å². The fraction of sp³-hybridized carbons (Fsp3) is 0.467. The number of aryl methyl sites for hydroxylation is 2. The Morgan fingerprint density at radius 3 is 2.67 bits per heavy atom. The molecule has 0 radical (unpaired) electrons. The van der Waals surface area contributed by atoms with Crippen molar-refractivity contribution < 1.29 is 4.42 Å².